The second-order valence-electron chi connectivity index (χ2n) is 4.36. The number of pyridine rings is 1. The molecule has 100 valence electrons. The molecular formula is C14H16N2O2S. The van der Waals surface area contributed by atoms with Gasteiger partial charge in [0.25, 0.3) is 5.56 Å². The van der Waals surface area contributed by atoms with Crippen LogP contribution < -0.4 is 11.3 Å². The Morgan fingerprint density at radius 3 is 2.79 bits per heavy atom. The molecule has 0 amide bonds. The molecule has 1 aromatic carbocycles. The molecule has 0 bridgehead atoms. The van der Waals surface area contributed by atoms with Crippen molar-refractivity contribution in [3.63, 3.8) is 0 Å². The molecule has 1 unspecified atom stereocenters. The van der Waals surface area contributed by atoms with E-state index in [1.165, 1.54) is 10.6 Å². The van der Waals surface area contributed by atoms with Crippen molar-refractivity contribution in [2.45, 2.75) is 18.4 Å². The molecule has 5 heteroatoms. The topological polar surface area (TPSA) is 65.1 Å². The lowest BCUT2D eigenvalue weighted by atomic mass is 10.2. The van der Waals surface area contributed by atoms with E-state index in [2.05, 4.69) is 0 Å². The first-order chi connectivity index (χ1) is 9.06. The van der Waals surface area contributed by atoms with Crippen LogP contribution >= 0.6 is 0 Å². The number of anilines is 1. The lowest BCUT2D eigenvalue weighted by Crippen LogP contribution is -2.21. The van der Waals surface area contributed by atoms with Crippen molar-refractivity contribution in [2.24, 2.45) is 0 Å². The van der Waals surface area contributed by atoms with E-state index in [-0.39, 0.29) is 5.56 Å². The van der Waals surface area contributed by atoms with Crippen molar-refractivity contribution in [3.05, 3.63) is 58.5 Å². The third kappa shape index (κ3) is 3.54. The molecular weight excluding hydrogens is 260 g/mol. The molecule has 0 aliphatic carbocycles. The van der Waals surface area contributed by atoms with Gasteiger partial charge < -0.3 is 10.3 Å². The van der Waals surface area contributed by atoms with Crippen molar-refractivity contribution in [1.29, 1.82) is 0 Å². The van der Waals surface area contributed by atoms with Gasteiger partial charge in [-0.25, -0.2) is 0 Å². The average Bonchev–Trinajstić information content (AvgIpc) is 2.39. The van der Waals surface area contributed by atoms with Crippen molar-refractivity contribution in [1.82, 2.24) is 4.57 Å². The zero-order chi connectivity index (χ0) is 13.8. The maximum atomic E-state index is 12.1. The summed E-state index contributed by atoms with van der Waals surface area (Å²) in [6, 6.07) is 10.6. The summed E-state index contributed by atoms with van der Waals surface area (Å²) >= 11 is 0. The molecule has 0 aliphatic heterocycles. The summed E-state index contributed by atoms with van der Waals surface area (Å²) in [5.41, 5.74) is 7.10. The summed E-state index contributed by atoms with van der Waals surface area (Å²) in [5, 5.41) is 0. The lowest BCUT2D eigenvalue weighted by Gasteiger charge is -2.07. The smallest absolute Gasteiger partial charge is 0.250 e. The van der Waals surface area contributed by atoms with Gasteiger partial charge >= 0.3 is 0 Å². The van der Waals surface area contributed by atoms with E-state index in [4.69, 9.17) is 5.73 Å². The molecule has 0 aliphatic rings. The first kappa shape index (κ1) is 13.5. The van der Waals surface area contributed by atoms with Gasteiger partial charge in [0.1, 0.15) is 0 Å². The summed E-state index contributed by atoms with van der Waals surface area (Å²) in [4.78, 5) is 12.4. The number of aryl methyl sites for hydroxylation is 2. The molecule has 4 nitrogen and oxygen atoms in total. The van der Waals surface area contributed by atoms with Crippen molar-refractivity contribution >= 4 is 16.5 Å². The van der Waals surface area contributed by atoms with E-state index in [9.17, 15) is 9.00 Å². The minimum atomic E-state index is -1.11. The van der Waals surface area contributed by atoms with Crippen LogP contribution in [0.5, 0.6) is 0 Å². The number of hydrogen-bond acceptors (Lipinski definition) is 3. The zero-order valence-electron chi connectivity index (χ0n) is 10.7. The monoisotopic (exact) mass is 276 g/mol. The minimum Gasteiger partial charge on any atom is -0.398 e. The van der Waals surface area contributed by atoms with Gasteiger partial charge in [-0.1, -0.05) is 12.1 Å². The molecule has 2 aromatic rings. The number of hydrogen-bond donors (Lipinski definition) is 1. The maximum absolute atomic E-state index is 12.1. The van der Waals surface area contributed by atoms with E-state index in [1.807, 2.05) is 31.2 Å². The maximum Gasteiger partial charge on any atom is 0.250 e. The van der Waals surface area contributed by atoms with Gasteiger partial charge in [-0.05, 0) is 30.7 Å². The molecule has 0 saturated heterocycles. The zero-order valence-corrected chi connectivity index (χ0v) is 11.5. The Labute approximate surface area is 114 Å². The Bertz CT molecular complexity index is 664. The summed E-state index contributed by atoms with van der Waals surface area (Å²) in [6.07, 6.45) is 1.58. The number of nitrogens with two attached hydrogens (primary N) is 1. The fraction of sp³-hybridized carbons (Fsp3) is 0.214. The molecule has 2 rings (SSSR count). The van der Waals surface area contributed by atoms with Crippen LogP contribution in [0.2, 0.25) is 0 Å². The Hall–Kier alpha value is -1.88. The molecule has 19 heavy (non-hydrogen) atoms. The van der Waals surface area contributed by atoms with E-state index >= 15 is 0 Å². The second-order valence-corrected chi connectivity index (χ2v) is 5.93. The van der Waals surface area contributed by atoms with E-state index < -0.39 is 10.8 Å². The number of nitrogens with zero attached hydrogens (tertiary/aromatic N) is 1. The minimum absolute atomic E-state index is 0.129. The van der Waals surface area contributed by atoms with Crippen LogP contribution in [0.25, 0.3) is 0 Å². The van der Waals surface area contributed by atoms with Crippen LogP contribution in [-0.4, -0.2) is 14.5 Å². The SMILES string of the molecule is Cc1cccc(S(=O)CCn2cc(N)ccc2=O)c1. The highest BCUT2D eigenvalue weighted by molar-refractivity contribution is 7.85. The molecule has 2 N–H and O–H groups in total. The second kappa shape index (κ2) is 5.84. The molecule has 0 saturated carbocycles. The molecule has 1 aromatic heterocycles. The molecule has 0 radical (unpaired) electrons. The van der Waals surface area contributed by atoms with Crippen LogP contribution in [0.1, 0.15) is 5.56 Å². The fourth-order valence-electron chi connectivity index (χ4n) is 1.78. The van der Waals surface area contributed by atoms with E-state index in [0.717, 1.165) is 10.5 Å². The quantitative estimate of drug-likeness (QED) is 0.921. The number of nitrogen functional groups attached to an aromatic ring is 1. The highest BCUT2D eigenvalue weighted by atomic mass is 32.2. The molecule has 1 heterocycles. The summed E-state index contributed by atoms with van der Waals surface area (Å²) in [7, 11) is -1.11. The number of aromatic nitrogens is 1. The predicted octanol–water partition coefficient (Wildman–Crippen LogP) is 1.55. The molecule has 1 atom stereocenters. The first-order valence-corrected chi connectivity index (χ1v) is 7.29. The number of benzene rings is 1. The highest BCUT2D eigenvalue weighted by Crippen LogP contribution is 2.09. The standard InChI is InChI=1S/C14H16N2O2S/c1-11-3-2-4-13(9-11)19(18)8-7-16-10-12(15)5-6-14(16)17/h2-6,9-10H,7-8,15H2,1H3. The Kier molecular flexibility index (Phi) is 4.16. The van der Waals surface area contributed by atoms with Gasteiger partial charge in [0.15, 0.2) is 0 Å². The van der Waals surface area contributed by atoms with Crippen LogP contribution in [0, 0.1) is 6.92 Å². The van der Waals surface area contributed by atoms with Crippen LogP contribution in [0.3, 0.4) is 0 Å². The van der Waals surface area contributed by atoms with Crippen LogP contribution in [0.4, 0.5) is 5.69 Å². The third-order valence-corrected chi connectivity index (χ3v) is 4.11. The van der Waals surface area contributed by atoms with Gasteiger partial charge in [0, 0.05) is 35.1 Å². The number of rotatable bonds is 4. The van der Waals surface area contributed by atoms with Gasteiger partial charge in [0.2, 0.25) is 0 Å². The van der Waals surface area contributed by atoms with Gasteiger partial charge in [-0.2, -0.15) is 0 Å². The predicted molar refractivity (Wildman–Crippen MR) is 77.6 cm³/mol. The Morgan fingerprint density at radius 2 is 2.05 bits per heavy atom. The molecule has 0 fully saturated rings. The van der Waals surface area contributed by atoms with Crippen LogP contribution in [0.15, 0.2) is 52.3 Å². The average molecular weight is 276 g/mol. The lowest BCUT2D eigenvalue weighted by molar-refractivity contribution is 0.669. The van der Waals surface area contributed by atoms with Gasteiger partial charge in [-0.15, -0.1) is 0 Å². The largest absolute Gasteiger partial charge is 0.398 e. The van der Waals surface area contributed by atoms with E-state index in [1.54, 1.807) is 12.3 Å². The summed E-state index contributed by atoms with van der Waals surface area (Å²) in [5.74, 6) is 0.396. The van der Waals surface area contributed by atoms with Gasteiger partial charge in [0.05, 0.1) is 10.8 Å². The summed E-state index contributed by atoms with van der Waals surface area (Å²) < 4.78 is 13.6. The summed E-state index contributed by atoms with van der Waals surface area (Å²) in [6.45, 7) is 2.35. The highest BCUT2D eigenvalue weighted by Gasteiger charge is 2.05. The fourth-order valence-corrected chi connectivity index (χ4v) is 2.93. The van der Waals surface area contributed by atoms with Crippen molar-refractivity contribution in [3.8, 4) is 0 Å². The van der Waals surface area contributed by atoms with Crippen molar-refractivity contribution in [2.75, 3.05) is 11.5 Å². The Morgan fingerprint density at radius 1 is 1.26 bits per heavy atom. The Balaban J connectivity index is 2.08. The van der Waals surface area contributed by atoms with Crippen molar-refractivity contribution < 1.29 is 4.21 Å². The first-order valence-electron chi connectivity index (χ1n) is 5.97. The molecule has 0 spiro atoms. The van der Waals surface area contributed by atoms with Gasteiger partial charge in [-0.3, -0.25) is 9.00 Å². The van der Waals surface area contributed by atoms with E-state index in [0.29, 0.717) is 18.0 Å². The normalized spacial score (nSPS) is 12.3. The van der Waals surface area contributed by atoms with Crippen LogP contribution in [-0.2, 0) is 17.3 Å². The third-order valence-electron chi connectivity index (χ3n) is 2.78.